The van der Waals surface area contributed by atoms with Crippen molar-refractivity contribution in [2.75, 3.05) is 36.5 Å². The minimum Gasteiger partial charge on any atom is -0.463 e. The number of ether oxygens (including phenoxy) is 2. The molecular formula is C34H32ClF3N8O2S. The van der Waals surface area contributed by atoms with E-state index in [-0.39, 0.29) is 61.8 Å². The van der Waals surface area contributed by atoms with Gasteiger partial charge < -0.3 is 31.6 Å². The third-order valence-electron chi connectivity index (χ3n) is 10.4. The van der Waals surface area contributed by atoms with E-state index in [1.807, 2.05) is 18.2 Å². The number of pyridine rings is 1. The second-order valence-corrected chi connectivity index (χ2v) is 14.8. The van der Waals surface area contributed by atoms with E-state index in [1.165, 1.54) is 12.1 Å². The number of nitrogens with zero attached hydrogens (tertiary/aromatic N) is 4. The molecule has 49 heavy (non-hydrogen) atoms. The Labute approximate surface area is 288 Å². The van der Waals surface area contributed by atoms with Gasteiger partial charge in [0.05, 0.1) is 32.0 Å². The van der Waals surface area contributed by atoms with Gasteiger partial charge in [-0.1, -0.05) is 29.0 Å². The quantitative estimate of drug-likeness (QED) is 0.190. The summed E-state index contributed by atoms with van der Waals surface area (Å²) in [6.45, 7) is 1.32. The molecule has 0 amide bonds. The lowest BCUT2D eigenvalue weighted by Crippen LogP contribution is -2.50. The van der Waals surface area contributed by atoms with E-state index in [9.17, 15) is 8.78 Å². The van der Waals surface area contributed by atoms with Gasteiger partial charge in [0.25, 0.3) is 5.95 Å². The Bertz CT molecular complexity index is 2090. The molecule has 5 aliphatic rings. The van der Waals surface area contributed by atoms with Crippen LogP contribution in [0, 0.1) is 17.6 Å². The maximum absolute atomic E-state index is 17.2. The summed E-state index contributed by atoms with van der Waals surface area (Å²) in [5, 5.41) is 7.16. The van der Waals surface area contributed by atoms with Crippen molar-refractivity contribution >= 4 is 55.6 Å². The first-order chi connectivity index (χ1) is 23.7. The number of rotatable bonds is 6. The predicted molar refractivity (Wildman–Crippen MR) is 183 cm³/mol. The summed E-state index contributed by atoms with van der Waals surface area (Å²) >= 11 is 8.03. The lowest BCUT2D eigenvalue weighted by molar-refractivity contribution is 0.0264. The summed E-state index contributed by atoms with van der Waals surface area (Å²) in [6, 6.07) is 6.25. The molecule has 254 valence electrons. The van der Waals surface area contributed by atoms with Gasteiger partial charge in [0.2, 0.25) is 0 Å². The topological polar surface area (TPSA) is 136 Å². The highest BCUT2D eigenvalue weighted by Gasteiger charge is 2.50. The van der Waals surface area contributed by atoms with Gasteiger partial charge in [-0.15, -0.1) is 0 Å². The smallest absolute Gasteiger partial charge is 0.281 e. The average Bonchev–Trinajstić information content (AvgIpc) is 3.75. The molecule has 9 rings (SSSR count). The molecule has 2 fully saturated rings. The number of halogens is 4. The molecule has 6 N–H and O–H groups in total. The standard InChI is InChI=1S/C34H32ClF3N8O2S/c35-25-23(18-4-5-19(37)30-27(18)45-33(40)49-30)26(38)29-24-28(25)43-21-11-20(42-32(24)44-21)16(9-15-3-1-7-41-31(15)39)10-22(48-29)47-14-34-6-2-8-46(34)13-17(36)12-34/h1,3-5,7,10,16-17,20-21,43H,2,6,8-9,11-14H2,(H2,39,41)(H2,40,45)(H,42,44)/t16?,17-,20-,21-,34+/m1/s1. The molecule has 0 radical (unpaired) electrons. The van der Waals surface area contributed by atoms with Gasteiger partial charge in [0.1, 0.15) is 36.4 Å². The zero-order chi connectivity index (χ0) is 33.6. The first-order valence-electron chi connectivity index (χ1n) is 16.3. The fourth-order valence-electron chi connectivity index (χ4n) is 8.19. The molecule has 2 aromatic heterocycles. The Morgan fingerprint density at radius 2 is 2.06 bits per heavy atom. The number of amidine groups is 1. The largest absolute Gasteiger partial charge is 0.463 e. The van der Waals surface area contributed by atoms with Crippen molar-refractivity contribution in [3.05, 3.63) is 70.3 Å². The van der Waals surface area contributed by atoms with E-state index in [1.54, 1.807) is 6.20 Å². The third-order valence-corrected chi connectivity index (χ3v) is 11.7. The van der Waals surface area contributed by atoms with Gasteiger partial charge in [-0.05, 0) is 49.6 Å². The fraction of sp³-hybridized carbons (Fsp3) is 0.382. The molecule has 0 aliphatic carbocycles. The van der Waals surface area contributed by atoms with Crippen molar-refractivity contribution in [1.82, 2.24) is 20.2 Å². The van der Waals surface area contributed by atoms with Crippen LogP contribution in [0.4, 0.5) is 29.8 Å². The number of fused-ring (bicyclic) bond motifs is 4. The maximum atomic E-state index is 17.2. The zero-order valence-electron chi connectivity index (χ0n) is 26.1. The van der Waals surface area contributed by atoms with Crippen LogP contribution in [0.15, 0.2) is 47.5 Å². The number of hydrogen-bond acceptors (Lipinski definition) is 11. The second kappa shape index (κ2) is 11.4. The number of thiazole rings is 1. The highest BCUT2D eigenvalue weighted by Crippen LogP contribution is 2.50. The predicted octanol–water partition coefficient (Wildman–Crippen LogP) is 6.00. The molecule has 0 saturated carbocycles. The molecule has 5 atom stereocenters. The summed E-state index contributed by atoms with van der Waals surface area (Å²) < 4.78 is 60.0. The highest BCUT2D eigenvalue weighted by atomic mass is 35.5. The van der Waals surface area contributed by atoms with Gasteiger partial charge in [-0.2, -0.15) is 0 Å². The summed E-state index contributed by atoms with van der Waals surface area (Å²) in [6.07, 6.45) is 5.26. The number of anilines is 3. The van der Waals surface area contributed by atoms with Gasteiger partial charge in [0, 0.05) is 54.7 Å². The molecule has 5 aliphatic heterocycles. The van der Waals surface area contributed by atoms with Crippen molar-refractivity contribution in [2.24, 2.45) is 10.9 Å². The number of nitrogens with two attached hydrogens (primary N) is 2. The number of aliphatic imine (C=N–C) groups is 1. The lowest BCUT2D eigenvalue weighted by Gasteiger charge is -2.38. The lowest BCUT2D eigenvalue weighted by atomic mass is 9.87. The van der Waals surface area contributed by atoms with Crippen LogP contribution in [0.5, 0.6) is 5.75 Å². The van der Waals surface area contributed by atoms with Crippen LogP contribution in [0.25, 0.3) is 21.3 Å². The molecule has 0 spiro atoms. The minimum absolute atomic E-state index is 0.0229. The van der Waals surface area contributed by atoms with Crippen molar-refractivity contribution < 1.29 is 22.6 Å². The van der Waals surface area contributed by atoms with Gasteiger partial charge in [-0.25, -0.2) is 28.1 Å². The molecule has 3 bridgehead atoms. The summed E-state index contributed by atoms with van der Waals surface area (Å²) in [4.78, 5) is 15.6. The number of alkyl halides is 1. The van der Waals surface area contributed by atoms with Crippen molar-refractivity contribution in [1.29, 1.82) is 0 Å². The van der Waals surface area contributed by atoms with Gasteiger partial charge in [0.15, 0.2) is 16.7 Å². The first-order valence-corrected chi connectivity index (χ1v) is 17.5. The van der Waals surface area contributed by atoms with Gasteiger partial charge >= 0.3 is 0 Å². The fourth-order valence-corrected chi connectivity index (χ4v) is 9.29. The Balaban J connectivity index is 1.20. The van der Waals surface area contributed by atoms with Crippen LogP contribution >= 0.6 is 22.9 Å². The zero-order valence-corrected chi connectivity index (χ0v) is 27.7. The summed E-state index contributed by atoms with van der Waals surface area (Å²) in [5.74, 6) is -0.840. The molecule has 1 unspecified atom stereocenters. The number of nitrogen functional groups attached to an aromatic ring is 2. The van der Waals surface area contributed by atoms with Crippen LogP contribution in [0.1, 0.15) is 36.8 Å². The Hall–Kier alpha value is -4.27. The number of nitrogens with one attached hydrogen (secondary N) is 2. The number of aromatic nitrogens is 2. The Morgan fingerprint density at radius 1 is 1.18 bits per heavy atom. The van der Waals surface area contributed by atoms with Crippen molar-refractivity contribution in [2.45, 2.75) is 56.0 Å². The van der Waals surface area contributed by atoms with Crippen LogP contribution in [0.2, 0.25) is 5.02 Å². The molecule has 10 nitrogen and oxygen atoms in total. The van der Waals surface area contributed by atoms with E-state index in [4.69, 9.17) is 37.5 Å². The second-order valence-electron chi connectivity index (χ2n) is 13.4. The maximum Gasteiger partial charge on any atom is 0.281 e. The van der Waals surface area contributed by atoms with Crippen LogP contribution < -0.4 is 26.8 Å². The first kappa shape index (κ1) is 30.8. The van der Waals surface area contributed by atoms with E-state index in [0.717, 1.165) is 36.3 Å². The van der Waals surface area contributed by atoms with E-state index in [2.05, 4.69) is 25.5 Å². The van der Waals surface area contributed by atoms with Crippen molar-refractivity contribution in [3.63, 3.8) is 0 Å². The molecule has 15 heteroatoms. The number of benzene rings is 2. The van der Waals surface area contributed by atoms with Crippen molar-refractivity contribution in [3.8, 4) is 16.9 Å². The monoisotopic (exact) mass is 708 g/mol. The van der Waals surface area contributed by atoms with Gasteiger partial charge in [-0.3, -0.25) is 4.90 Å². The van der Waals surface area contributed by atoms with E-state index in [0.29, 0.717) is 48.7 Å². The Kier molecular flexibility index (Phi) is 7.15. The van der Waals surface area contributed by atoms with E-state index >= 15 is 4.39 Å². The Morgan fingerprint density at radius 3 is 2.92 bits per heavy atom. The molecular weight excluding hydrogens is 677 g/mol. The summed E-state index contributed by atoms with van der Waals surface area (Å²) in [5.41, 5.74) is 13.8. The van der Waals surface area contributed by atoms with Crippen LogP contribution in [-0.4, -0.2) is 64.3 Å². The molecule has 4 aromatic rings. The number of hydrogen-bond donors (Lipinski definition) is 4. The molecule has 2 saturated heterocycles. The normalized spacial score (nSPS) is 26.9. The SMILES string of the molecule is Nc1nc2c(-c3c(F)c4c5c(c3Cl)N[C@H]3C[C@@H](NC5=N3)C(Cc3cccnc3N)C=C(OC[C@@]35CCCN3C[C@H](F)C5)O4)ccc(F)c2s1. The average molecular weight is 709 g/mol. The van der Waals surface area contributed by atoms with Crippen LogP contribution in [-0.2, 0) is 11.2 Å². The molecule has 2 aromatic carbocycles. The minimum atomic E-state index is -0.947. The molecule has 7 heterocycles. The highest BCUT2D eigenvalue weighted by molar-refractivity contribution is 7.22. The van der Waals surface area contributed by atoms with E-state index < -0.39 is 29.5 Å². The summed E-state index contributed by atoms with van der Waals surface area (Å²) in [7, 11) is 0. The van der Waals surface area contributed by atoms with Crippen LogP contribution in [0.3, 0.4) is 0 Å². The third kappa shape index (κ3) is 4.97.